The first-order valence-corrected chi connectivity index (χ1v) is 8.60. The van der Waals surface area contributed by atoms with Gasteiger partial charge in [-0.05, 0) is 31.9 Å². The Kier molecular flexibility index (Phi) is 4.96. The van der Waals surface area contributed by atoms with Crippen molar-refractivity contribution in [3.8, 4) is 0 Å². The molecule has 2 N–H and O–H groups in total. The molecule has 1 fully saturated rings. The third-order valence-corrected chi connectivity index (χ3v) is 5.19. The van der Waals surface area contributed by atoms with Gasteiger partial charge in [0.25, 0.3) is 5.91 Å². The van der Waals surface area contributed by atoms with Crippen LogP contribution in [0.4, 0.5) is 0 Å². The van der Waals surface area contributed by atoms with E-state index in [1.807, 2.05) is 11.6 Å². The first-order chi connectivity index (χ1) is 11.6. The van der Waals surface area contributed by atoms with Crippen LogP contribution in [0.5, 0.6) is 0 Å². The van der Waals surface area contributed by atoms with E-state index < -0.39 is 5.97 Å². The lowest BCUT2D eigenvalue weighted by molar-refractivity contribution is 0.0656. The summed E-state index contributed by atoms with van der Waals surface area (Å²) in [6, 6.07) is 3.53. The van der Waals surface area contributed by atoms with Crippen molar-refractivity contribution >= 4 is 23.2 Å². The molecule has 3 rings (SSSR count). The van der Waals surface area contributed by atoms with Gasteiger partial charge in [-0.25, -0.2) is 4.79 Å². The lowest BCUT2D eigenvalue weighted by atomic mass is 10.1. The minimum Gasteiger partial charge on any atom is -0.477 e. The molecule has 1 aliphatic rings. The number of nitrogens with one attached hydrogen (secondary N) is 1. The summed E-state index contributed by atoms with van der Waals surface area (Å²) in [7, 11) is 0. The summed E-state index contributed by atoms with van der Waals surface area (Å²) >= 11 is 1.16. The molecule has 1 saturated heterocycles. The van der Waals surface area contributed by atoms with Gasteiger partial charge < -0.3 is 15.2 Å². The zero-order valence-corrected chi connectivity index (χ0v) is 14.1. The molecule has 3 heterocycles. The Hall–Kier alpha value is -2.19. The molecule has 0 radical (unpaired) electrons. The number of ether oxygens (including phenoxy) is 1. The number of hydrogen-bond acceptors (Lipinski definition) is 5. The number of carboxylic acid groups (broad SMARTS) is 1. The molecule has 1 aliphatic heterocycles. The Labute approximate surface area is 143 Å². The normalized spacial score (nSPS) is 15.4. The number of amides is 1. The van der Waals surface area contributed by atoms with Gasteiger partial charge in [-0.2, -0.15) is 5.10 Å². The van der Waals surface area contributed by atoms with Crippen LogP contribution in [-0.4, -0.2) is 40.0 Å². The van der Waals surface area contributed by atoms with Crippen LogP contribution in [0.1, 0.15) is 49.5 Å². The maximum absolute atomic E-state index is 12.4. The van der Waals surface area contributed by atoms with E-state index in [0.717, 1.165) is 48.0 Å². The number of aromatic nitrogens is 2. The molecule has 0 atom stereocenters. The van der Waals surface area contributed by atoms with E-state index in [4.69, 9.17) is 9.84 Å². The summed E-state index contributed by atoms with van der Waals surface area (Å²) in [5.41, 5.74) is 1.40. The van der Waals surface area contributed by atoms with Crippen LogP contribution < -0.4 is 5.32 Å². The highest BCUT2D eigenvalue weighted by molar-refractivity contribution is 7.13. The van der Waals surface area contributed by atoms with E-state index in [0.29, 0.717) is 12.1 Å². The van der Waals surface area contributed by atoms with Crippen LogP contribution >= 0.6 is 11.3 Å². The molecule has 7 nitrogen and oxygen atoms in total. The first kappa shape index (κ1) is 16.7. The maximum Gasteiger partial charge on any atom is 0.345 e. The minimum atomic E-state index is -0.953. The van der Waals surface area contributed by atoms with Crippen molar-refractivity contribution in [2.45, 2.75) is 32.4 Å². The fraction of sp³-hybridized carbons (Fsp3) is 0.438. The van der Waals surface area contributed by atoms with Gasteiger partial charge in [-0.3, -0.25) is 9.48 Å². The fourth-order valence-corrected chi connectivity index (χ4v) is 3.58. The van der Waals surface area contributed by atoms with Crippen LogP contribution in [0, 0.1) is 6.92 Å². The molecule has 0 spiro atoms. The van der Waals surface area contributed by atoms with Crippen LogP contribution in [0.25, 0.3) is 0 Å². The summed E-state index contributed by atoms with van der Waals surface area (Å²) in [6.07, 6.45) is 3.39. The highest BCUT2D eigenvalue weighted by Gasteiger charge is 2.21. The van der Waals surface area contributed by atoms with E-state index in [1.165, 1.54) is 0 Å². The Morgan fingerprint density at radius 3 is 2.83 bits per heavy atom. The molecule has 128 valence electrons. The molecule has 0 aromatic carbocycles. The van der Waals surface area contributed by atoms with Crippen molar-refractivity contribution in [3.05, 3.63) is 39.3 Å². The Morgan fingerprint density at radius 1 is 1.42 bits per heavy atom. The molecular weight excluding hydrogens is 330 g/mol. The van der Waals surface area contributed by atoms with E-state index in [1.54, 1.807) is 18.3 Å². The van der Waals surface area contributed by atoms with Crippen LogP contribution in [0.3, 0.4) is 0 Å². The van der Waals surface area contributed by atoms with Crippen molar-refractivity contribution in [3.63, 3.8) is 0 Å². The van der Waals surface area contributed by atoms with E-state index in [-0.39, 0.29) is 16.8 Å². The van der Waals surface area contributed by atoms with Gasteiger partial charge in [0.1, 0.15) is 4.88 Å². The van der Waals surface area contributed by atoms with Crippen LogP contribution in [0.15, 0.2) is 18.3 Å². The Bertz CT molecular complexity index is 746. The molecule has 2 aromatic heterocycles. The first-order valence-electron chi connectivity index (χ1n) is 7.78. The third-order valence-electron chi connectivity index (χ3n) is 4.12. The lowest BCUT2D eigenvalue weighted by Crippen LogP contribution is -2.24. The Balaban J connectivity index is 1.64. The maximum atomic E-state index is 12.4. The standard InChI is InChI=1S/C16H19N3O4S/c1-10-13(9-18-19(10)11-4-6-23-7-5-11)15(20)17-8-12-2-3-14(24-12)16(21)22/h2-3,9,11H,4-8H2,1H3,(H,17,20)(H,21,22). The number of rotatable bonds is 5. The summed E-state index contributed by atoms with van der Waals surface area (Å²) in [4.78, 5) is 24.3. The molecule has 0 bridgehead atoms. The molecule has 1 amide bonds. The van der Waals surface area contributed by atoms with Gasteiger partial charge in [0.05, 0.1) is 24.3 Å². The van der Waals surface area contributed by atoms with Crippen molar-refractivity contribution in [1.82, 2.24) is 15.1 Å². The molecule has 0 saturated carbocycles. The largest absolute Gasteiger partial charge is 0.477 e. The van der Waals surface area contributed by atoms with Gasteiger partial charge in [-0.15, -0.1) is 11.3 Å². The summed E-state index contributed by atoms with van der Waals surface area (Å²) in [5, 5.41) is 16.1. The number of nitrogens with zero attached hydrogens (tertiary/aromatic N) is 2. The van der Waals surface area contributed by atoms with Crippen molar-refractivity contribution in [2.24, 2.45) is 0 Å². The second-order valence-electron chi connectivity index (χ2n) is 5.69. The highest BCUT2D eigenvalue weighted by atomic mass is 32.1. The monoisotopic (exact) mass is 349 g/mol. The van der Waals surface area contributed by atoms with Gasteiger partial charge >= 0.3 is 5.97 Å². The van der Waals surface area contributed by atoms with Crippen LogP contribution in [-0.2, 0) is 11.3 Å². The third kappa shape index (κ3) is 3.49. The second-order valence-corrected chi connectivity index (χ2v) is 6.85. The SMILES string of the molecule is Cc1c(C(=O)NCc2ccc(C(=O)O)s2)cnn1C1CCOCC1. The van der Waals surface area contributed by atoms with E-state index in [9.17, 15) is 9.59 Å². The smallest absolute Gasteiger partial charge is 0.345 e. The van der Waals surface area contributed by atoms with Crippen molar-refractivity contribution in [2.75, 3.05) is 13.2 Å². The number of thiophene rings is 1. The zero-order valence-electron chi connectivity index (χ0n) is 13.3. The predicted octanol–water partition coefficient (Wildman–Crippen LogP) is 2.23. The number of carboxylic acids is 1. The molecular formula is C16H19N3O4S. The van der Waals surface area contributed by atoms with Gasteiger partial charge in [0, 0.05) is 23.8 Å². The minimum absolute atomic E-state index is 0.198. The van der Waals surface area contributed by atoms with E-state index in [2.05, 4.69) is 10.4 Å². The van der Waals surface area contributed by atoms with E-state index >= 15 is 0 Å². The lowest BCUT2D eigenvalue weighted by Gasteiger charge is -2.23. The average molecular weight is 349 g/mol. The van der Waals surface area contributed by atoms with Crippen molar-refractivity contribution < 1.29 is 19.4 Å². The molecule has 8 heteroatoms. The van der Waals surface area contributed by atoms with Gasteiger partial charge in [-0.1, -0.05) is 0 Å². The highest BCUT2D eigenvalue weighted by Crippen LogP contribution is 2.23. The molecule has 2 aromatic rings. The molecule has 24 heavy (non-hydrogen) atoms. The molecule has 0 aliphatic carbocycles. The number of aromatic carboxylic acids is 1. The predicted molar refractivity (Wildman–Crippen MR) is 88.5 cm³/mol. The Morgan fingerprint density at radius 2 is 2.17 bits per heavy atom. The second kappa shape index (κ2) is 7.14. The van der Waals surface area contributed by atoms with Gasteiger partial charge in [0.2, 0.25) is 0 Å². The zero-order chi connectivity index (χ0) is 17.1. The number of carbonyl (C=O) groups is 2. The number of hydrogen-bond donors (Lipinski definition) is 2. The quantitative estimate of drug-likeness (QED) is 0.863. The average Bonchev–Trinajstić information content (AvgIpc) is 3.20. The molecule has 0 unspecified atom stereocenters. The topological polar surface area (TPSA) is 93.5 Å². The van der Waals surface area contributed by atoms with Crippen LogP contribution in [0.2, 0.25) is 0 Å². The van der Waals surface area contributed by atoms with Gasteiger partial charge in [0.15, 0.2) is 0 Å². The summed E-state index contributed by atoms with van der Waals surface area (Å²) < 4.78 is 7.27. The fourth-order valence-electron chi connectivity index (χ4n) is 2.79. The number of carbonyl (C=O) groups excluding carboxylic acids is 1. The summed E-state index contributed by atoms with van der Waals surface area (Å²) in [5.74, 6) is -1.15. The summed E-state index contributed by atoms with van der Waals surface area (Å²) in [6.45, 7) is 3.63. The van der Waals surface area contributed by atoms with Crippen molar-refractivity contribution in [1.29, 1.82) is 0 Å².